The molecule has 0 unspecified atom stereocenters. The van der Waals surface area contributed by atoms with E-state index in [1.807, 2.05) is 24.3 Å². The van der Waals surface area contributed by atoms with Crippen LogP contribution in [-0.4, -0.2) is 19.5 Å². The zero-order chi connectivity index (χ0) is 17.9. The van der Waals surface area contributed by atoms with E-state index in [1.54, 1.807) is 21.0 Å². The Morgan fingerprint density at radius 3 is 2.25 bits per heavy atom. The molecule has 3 nitrogen and oxygen atoms in total. The maximum atomic E-state index is 13.1. The van der Waals surface area contributed by atoms with Crippen molar-refractivity contribution < 1.29 is 27.4 Å². The number of esters is 1. The summed E-state index contributed by atoms with van der Waals surface area (Å²) in [5, 5.41) is 0. The molecule has 0 aliphatic heterocycles. The molecule has 0 aromatic heterocycles. The van der Waals surface area contributed by atoms with Crippen molar-refractivity contribution in [3.8, 4) is 0 Å². The topological polar surface area (TPSA) is 35.5 Å². The number of carbonyl (C=O) groups excluding carboxylic acids is 1. The highest BCUT2D eigenvalue weighted by Crippen LogP contribution is 2.60. The van der Waals surface area contributed by atoms with E-state index in [1.165, 1.54) is 0 Å². The van der Waals surface area contributed by atoms with Crippen LogP contribution in [-0.2, 0) is 27.5 Å². The summed E-state index contributed by atoms with van der Waals surface area (Å²) in [6.07, 6.45) is -2.31. The molecule has 0 bridgehead atoms. The molecule has 0 spiro atoms. The standard InChI is InChI=1S/C18H21F3O3/c1-18(2)13(8-14(19)16(20)21)15(18)17(22)24-10-12-6-4-11(5-7-12)9-23-3/h4-8,13,15-16H,9-10H2,1-3H3/b14-8+/t13-,15-/m0/s1. The van der Waals surface area contributed by atoms with Gasteiger partial charge >= 0.3 is 5.97 Å². The molecular weight excluding hydrogens is 321 g/mol. The lowest BCUT2D eigenvalue weighted by Crippen LogP contribution is -2.10. The Balaban J connectivity index is 1.92. The molecule has 1 saturated carbocycles. The summed E-state index contributed by atoms with van der Waals surface area (Å²) < 4.78 is 47.9. The van der Waals surface area contributed by atoms with E-state index in [9.17, 15) is 18.0 Å². The van der Waals surface area contributed by atoms with E-state index < -0.39 is 35.5 Å². The number of methoxy groups -OCH3 is 1. The normalized spacial score (nSPS) is 22.5. The average molecular weight is 342 g/mol. The molecule has 1 fully saturated rings. The largest absolute Gasteiger partial charge is 0.461 e. The highest BCUT2D eigenvalue weighted by Gasteiger charge is 2.61. The molecule has 6 heteroatoms. The fraction of sp³-hybridized carbons (Fsp3) is 0.500. The molecule has 0 heterocycles. The van der Waals surface area contributed by atoms with Crippen LogP contribution < -0.4 is 0 Å². The molecule has 24 heavy (non-hydrogen) atoms. The molecule has 1 aromatic rings. The highest BCUT2D eigenvalue weighted by molar-refractivity contribution is 5.78. The first-order valence-electron chi connectivity index (χ1n) is 7.66. The number of allylic oxidation sites excluding steroid dienone is 2. The van der Waals surface area contributed by atoms with Crippen molar-refractivity contribution in [1.82, 2.24) is 0 Å². The van der Waals surface area contributed by atoms with Gasteiger partial charge in [0, 0.05) is 7.11 Å². The number of benzene rings is 1. The van der Waals surface area contributed by atoms with Gasteiger partial charge in [0.25, 0.3) is 6.43 Å². The van der Waals surface area contributed by atoms with Gasteiger partial charge in [-0.05, 0) is 28.5 Å². The molecule has 132 valence electrons. The molecule has 0 saturated heterocycles. The van der Waals surface area contributed by atoms with Gasteiger partial charge in [-0.1, -0.05) is 38.1 Å². The SMILES string of the molecule is COCc1ccc(COC(=O)[C@@H]2[C@H](/C=C(/F)C(F)F)C2(C)C)cc1. The summed E-state index contributed by atoms with van der Waals surface area (Å²) in [6.45, 7) is 4.06. The Morgan fingerprint density at radius 2 is 1.75 bits per heavy atom. The maximum Gasteiger partial charge on any atom is 0.310 e. The van der Waals surface area contributed by atoms with Crippen LogP contribution in [0.1, 0.15) is 25.0 Å². The third-order valence-corrected chi connectivity index (χ3v) is 4.43. The number of rotatable bonds is 7. The van der Waals surface area contributed by atoms with Crippen LogP contribution in [0.5, 0.6) is 0 Å². The Morgan fingerprint density at radius 1 is 1.21 bits per heavy atom. The van der Waals surface area contributed by atoms with Gasteiger partial charge in [0.15, 0.2) is 5.83 Å². The quantitative estimate of drug-likeness (QED) is 0.694. The van der Waals surface area contributed by atoms with Gasteiger partial charge in [0.05, 0.1) is 12.5 Å². The van der Waals surface area contributed by atoms with Crippen LogP contribution in [0.4, 0.5) is 13.2 Å². The first kappa shape index (κ1) is 18.5. The summed E-state index contributed by atoms with van der Waals surface area (Å²) in [4.78, 5) is 12.1. The molecule has 2 rings (SSSR count). The van der Waals surface area contributed by atoms with Gasteiger partial charge in [-0.15, -0.1) is 0 Å². The highest BCUT2D eigenvalue weighted by atomic mass is 19.3. The summed E-state index contributed by atoms with van der Waals surface area (Å²) in [5.74, 6) is -3.15. The number of ether oxygens (including phenoxy) is 2. The second kappa shape index (κ2) is 7.38. The van der Waals surface area contributed by atoms with Gasteiger partial charge in [0.1, 0.15) is 6.61 Å². The van der Waals surface area contributed by atoms with E-state index in [0.717, 1.165) is 17.2 Å². The first-order chi connectivity index (χ1) is 11.3. The lowest BCUT2D eigenvalue weighted by molar-refractivity contribution is -0.147. The van der Waals surface area contributed by atoms with Crippen molar-refractivity contribution in [2.45, 2.75) is 33.5 Å². The minimum absolute atomic E-state index is 0.0897. The third-order valence-electron chi connectivity index (χ3n) is 4.43. The Bertz CT molecular complexity index is 608. The van der Waals surface area contributed by atoms with E-state index in [2.05, 4.69) is 0 Å². The van der Waals surface area contributed by atoms with Crippen molar-refractivity contribution in [3.05, 3.63) is 47.3 Å². The zero-order valence-electron chi connectivity index (χ0n) is 13.9. The van der Waals surface area contributed by atoms with Gasteiger partial charge in [-0.3, -0.25) is 4.79 Å². The van der Waals surface area contributed by atoms with Gasteiger partial charge in [0.2, 0.25) is 0 Å². The minimum atomic E-state index is -3.15. The molecule has 0 radical (unpaired) electrons. The smallest absolute Gasteiger partial charge is 0.310 e. The Kier molecular flexibility index (Phi) is 5.70. The fourth-order valence-corrected chi connectivity index (χ4v) is 2.83. The predicted octanol–water partition coefficient (Wildman–Crippen LogP) is 4.27. The summed E-state index contributed by atoms with van der Waals surface area (Å²) in [7, 11) is 1.61. The van der Waals surface area contributed by atoms with Crippen LogP contribution in [0.3, 0.4) is 0 Å². The van der Waals surface area contributed by atoms with Gasteiger partial charge in [-0.25, -0.2) is 13.2 Å². The summed E-state index contributed by atoms with van der Waals surface area (Å²) in [5.41, 5.74) is 1.24. The second-order valence-corrected chi connectivity index (χ2v) is 6.53. The van der Waals surface area contributed by atoms with E-state index in [4.69, 9.17) is 9.47 Å². The van der Waals surface area contributed by atoms with Crippen molar-refractivity contribution in [3.63, 3.8) is 0 Å². The molecule has 1 aliphatic carbocycles. The molecule has 0 N–H and O–H groups in total. The first-order valence-corrected chi connectivity index (χ1v) is 7.66. The Labute approximate surface area is 139 Å². The summed E-state index contributed by atoms with van der Waals surface area (Å²) >= 11 is 0. The van der Waals surface area contributed by atoms with Gasteiger partial charge in [-0.2, -0.15) is 0 Å². The number of hydrogen-bond acceptors (Lipinski definition) is 3. The lowest BCUT2D eigenvalue weighted by atomic mass is 10.1. The lowest BCUT2D eigenvalue weighted by Gasteiger charge is -2.07. The van der Waals surface area contributed by atoms with Crippen LogP contribution in [0, 0.1) is 17.3 Å². The van der Waals surface area contributed by atoms with Crippen molar-refractivity contribution in [2.75, 3.05) is 7.11 Å². The zero-order valence-corrected chi connectivity index (χ0v) is 13.9. The molecule has 1 aromatic carbocycles. The van der Waals surface area contributed by atoms with Crippen molar-refractivity contribution in [1.29, 1.82) is 0 Å². The van der Waals surface area contributed by atoms with Crippen molar-refractivity contribution in [2.24, 2.45) is 17.3 Å². The summed E-state index contributed by atoms with van der Waals surface area (Å²) in [6, 6.07) is 7.40. The number of carbonyl (C=O) groups is 1. The predicted molar refractivity (Wildman–Crippen MR) is 82.9 cm³/mol. The fourth-order valence-electron chi connectivity index (χ4n) is 2.83. The number of alkyl halides is 2. The van der Waals surface area contributed by atoms with Crippen LogP contribution in [0.15, 0.2) is 36.2 Å². The monoisotopic (exact) mass is 342 g/mol. The average Bonchev–Trinajstić information content (AvgIpc) is 3.07. The second-order valence-electron chi connectivity index (χ2n) is 6.53. The Hall–Kier alpha value is -1.82. The molecular formula is C18H21F3O3. The maximum absolute atomic E-state index is 13.1. The van der Waals surface area contributed by atoms with Crippen molar-refractivity contribution >= 4 is 5.97 Å². The molecule has 0 amide bonds. The van der Waals surface area contributed by atoms with Crippen LogP contribution >= 0.6 is 0 Å². The third kappa shape index (κ3) is 4.17. The number of hydrogen-bond donors (Lipinski definition) is 0. The van der Waals surface area contributed by atoms with E-state index in [0.29, 0.717) is 6.61 Å². The van der Waals surface area contributed by atoms with E-state index >= 15 is 0 Å². The van der Waals surface area contributed by atoms with E-state index in [-0.39, 0.29) is 6.61 Å². The van der Waals surface area contributed by atoms with Crippen LogP contribution in [0.2, 0.25) is 0 Å². The molecule has 1 aliphatic rings. The molecule has 2 atom stereocenters. The van der Waals surface area contributed by atoms with Crippen LogP contribution in [0.25, 0.3) is 0 Å². The number of halogens is 3. The minimum Gasteiger partial charge on any atom is -0.461 e. The van der Waals surface area contributed by atoms with Gasteiger partial charge < -0.3 is 9.47 Å².